The van der Waals surface area contributed by atoms with Gasteiger partial charge in [0.1, 0.15) is 6.54 Å². The molecular formula is C18H26F3N3O3. The van der Waals surface area contributed by atoms with Crippen LogP contribution >= 0.6 is 0 Å². The standard InChI is InChI=1S/C18H26F3N3O3/c1-12(2)23-8-15(26)24(17(16(23)27)9-22(10-17)11-25)7-13-3-5-14(6-4-13)18(19,20)21/h11-14H,3-10H2,1-2H3. The minimum Gasteiger partial charge on any atom is -0.339 e. The zero-order valence-electron chi connectivity index (χ0n) is 15.7. The van der Waals surface area contributed by atoms with Crippen LogP contribution < -0.4 is 0 Å². The van der Waals surface area contributed by atoms with Crippen molar-refractivity contribution in [1.82, 2.24) is 14.7 Å². The Morgan fingerprint density at radius 2 is 1.74 bits per heavy atom. The van der Waals surface area contributed by atoms with E-state index in [9.17, 15) is 27.6 Å². The molecule has 6 nitrogen and oxygen atoms in total. The van der Waals surface area contributed by atoms with Crippen molar-refractivity contribution < 1.29 is 27.6 Å². The van der Waals surface area contributed by atoms with Crippen LogP contribution in [0.25, 0.3) is 0 Å². The van der Waals surface area contributed by atoms with E-state index in [1.54, 1.807) is 4.90 Å². The van der Waals surface area contributed by atoms with Crippen LogP contribution in [0.1, 0.15) is 39.5 Å². The number of hydrogen-bond acceptors (Lipinski definition) is 3. The van der Waals surface area contributed by atoms with Crippen molar-refractivity contribution in [2.24, 2.45) is 11.8 Å². The lowest BCUT2D eigenvalue weighted by Gasteiger charge is -2.58. The van der Waals surface area contributed by atoms with Crippen LogP contribution in [0.3, 0.4) is 0 Å². The van der Waals surface area contributed by atoms with Gasteiger partial charge in [0.15, 0.2) is 5.54 Å². The number of carbonyl (C=O) groups excluding carboxylic acids is 3. The molecule has 2 saturated heterocycles. The number of nitrogens with zero attached hydrogens (tertiary/aromatic N) is 3. The Labute approximate surface area is 156 Å². The van der Waals surface area contributed by atoms with E-state index in [1.807, 2.05) is 13.8 Å². The Bertz CT molecular complexity index is 609. The molecule has 152 valence electrons. The van der Waals surface area contributed by atoms with Crippen LogP contribution in [0.4, 0.5) is 13.2 Å². The summed E-state index contributed by atoms with van der Waals surface area (Å²) >= 11 is 0. The van der Waals surface area contributed by atoms with Gasteiger partial charge in [-0.15, -0.1) is 0 Å². The molecule has 0 bridgehead atoms. The Hall–Kier alpha value is -1.80. The van der Waals surface area contributed by atoms with Gasteiger partial charge >= 0.3 is 6.18 Å². The molecule has 2 aliphatic heterocycles. The van der Waals surface area contributed by atoms with E-state index in [4.69, 9.17) is 0 Å². The summed E-state index contributed by atoms with van der Waals surface area (Å²) in [6.45, 7) is 4.25. The summed E-state index contributed by atoms with van der Waals surface area (Å²) < 4.78 is 38.6. The van der Waals surface area contributed by atoms with Gasteiger partial charge in [-0.1, -0.05) is 0 Å². The SMILES string of the molecule is CC(C)N1CC(=O)N(CC2CCC(C(F)(F)F)CC2)C2(CN(C=O)C2)C1=O. The molecule has 0 aromatic rings. The first-order chi connectivity index (χ1) is 12.6. The molecule has 0 aromatic heterocycles. The molecule has 3 fully saturated rings. The topological polar surface area (TPSA) is 60.9 Å². The Balaban J connectivity index is 1.73. The third-order valence-electron chi connectivity index (χ3n) is 6.23. The molecule has 0 N–H and O–H groups in total. The largest absolute Gasteiger partial charge is 0.391 e. The number of rotatable bonds is 4. The van der Waals surface area contributed by atoms with Gasteiger partial charge in [0.25, 0.3) is 5.91 Å². The number of hydrogen-bond donors (Lipinski definition) is 0. The molecule has 0 aromatic carbocycles. The minimum atomic E-state index is -4.17. The van der Waals surface area contributed by atoms with Crippen LogP contribution in [-0.2, 0) is 14.4 Å². The highest BCUT2D eigenvalue weighted by Gasteiger charge is 2.60. The van der Waals surface area contributed by atoms with Gasteiger partial charge in [-0.25, -0.2) is 0 Å². The lowest BCUT2D eigenvalue weighted by molar-refractivity contribution is -0.188. The molecule has 0 atom stereocenters. The number of halogens is 3. The van der Waals surface area contributed by atoms with E-state index in [0.29, 0.717) is 19.3 Å². The molecule has 3 rings (SSSR count). The van der Waals surface area contributed by atoms with Crippen molar-refractivity contribution in [3.05, 3.63) is 0 Å². The zero-order chi connectivity index (χ0) is 20.0. The second-order valence-electron chi connectivity index (χ2n) is 8.33. The number of likely N-dealkylation sites (tertiary alicyclic amines) is 1. The predicted octanol–water partition coefficient (Wildman–Crippen LogP) is 1.65. The fourth-order valence-electron chi connectivity index (χ4n) is 4.55. The Morgan fingerprint density at radius 3 is 2.22 bits per heavy atom. The second kappa shape index (κ2) is 6.98. The van der Waals surface area contributed by atoms with Crippen molar-refractivity contribution in [3.63, 3.8) is 0 Å². The van der Waals surface area contributed by atoms with Crippen LogP contribution in [0.5, 0.6) is 0 Å². The predicted molar refractivity (Wildman–Crippen MR) is 90.4 cm³/mol. The molecule has 2 heterocycles. The summed E-state index contributed by atoms with van der Waals surface area (Å²) in [5, 5.41) is 0. The second-order valence-corrected chi connectivity index (χ2v) is 8.33. The lowest BCUT2D eigenvalue weighted by atomic mass is 9.78. The summed E-state index contributed by atoms with van der Waals surface area (Å²) in [6.07, 6.45) is -2.60. The number of carbonyl (C=O) groups is 3. The van der Waals surface area contributed by atoms with Crippen molar-refractivity contribution in [3.8, 4) is 0 Å². The third-order valence-corrected chi connectivity index (χ3v) is 6.23. The summed E-state index contributed by atoms with van der Waals surface area (Å²) in [6, 6.07) is -0.131. The molecule has 3 amide bonds. The monoisotopic (exact) mass is 389 g/mol. The lowest BCUT2D eigenvalue weighted by Crippen LogP contribution is -2.81. The first kappa shape index (κ1) is 19.9. The first-order valence-electron chi connectivity index (χ1n) is 9.46. The Morgan fingerprint density at radius 1 is 1.15 bits per heavy atom. The molecule has 27 heavy (non-hydrogen) atoms. The van der Waals surface area contributed by atoms with Gasteiger partial charge in [-0.3, -0.25) is 14.4 Å². The first-order valence-corrected chi connectivity index (χ1v) is 9.46. The van der Waals surface area contributed by atoms with E-state index in [0.717, 1.165) is 0 Å². The van der Waals surface area contributed by atoms with Crippen molar-refractivity contribution in [2.45, 2.75) is 57.3 Å². The van der Waals surface area contributed by atoms with Gasteiger partial charge in [0.2, 0.25) is 12.3 Å². The zero-order valence-corrected chi connectivity index (χ0v) is 15.7. The van der Waals surface area contributed by atoms with Gasteiger partial charge in [-0.2, -0.15) is 13.2 Å². The minimum absolute atomic E-state index is 0.0166. The molecule has 9 heteroatoms. The number of piperazine rings is 1. The van der Waals surface area contributed by atoms with Gasteiger partial charge < -0.3 is 14.7 Å². The van der Waals surface area contributed by atoms with Gasteiger partial charge in [0, 0.05) is 12.6 Å². The van der Waals surface area contributed by atoms with Crippen LogP contribution in [0.15, 0.2) is 0 Å². The van der Waals surface area contributed by atoms with Crippen molar-refractivity contribution >= 4 is 18.2 Å². The van der Waals surface area contributed by atoms with Crippen LogP contribution in [0, 0.1) is 11.8 Å². The van der Waals surface area contributed by atoms with E-state index in [2.05, 4.69) is 0 Å². The fraction of sp³-hybridized carbons (Fsp3) is 0.833. The summed E-state index contributed by atoms with van der Waals surface area (Å²) in [4.78, 5) is 41.4. The smallest absolute Gasteiger partial charge is 0.339 e. The van der Waals surface area contributed by atoms with Gasteiger partial charge in [-0.05, 0) is 45.4 Å². The quantitative estimate of drug-likeness (QED) is 0.687. The molecule has 3 aliphatic rings. The highest BCUT2D eigenvalue weighted by Crippen LogP contribution is 2.41. The molecule has 0 radical (unpaired) electrons. The molecule has 1 aliphatic carbocycles. The normalized spacial score (nSPS) is 28.7. The maximum absolute atomic E-state index is 13.1. The average molecular weight is 389 g/mol. The van der Waals surface area contributed by atoms with E-state index in [1.165, 1.54) is 9.80 Å². The van der Waals surface area contributed by atoms with E-state index >= 15 is 0 Å². The average Bonchev–Trinajstić information content (AvgIpc) is 2.56. The van der Waals surface area contributed by atoms with Gasteiger partial charge in [0.05, 0.1) is 19.0 Å². The van der Waals surface area contributed by atoms with Crippen molar-refractivity contribution in [1.29, 1.82) is 0 Å². The fourth-order valence-corrected chi connectivity index (χ4v) is 4.55. The summed E-state index contributed by atoms with van der Waals surface area (Å²) in [5.41, 5.74) is -1.05. The van der Waals surface area contributed by atoms with E-state index < -0.39 is 17.6 Å². The number of amides is 3. The van der Waals surface area contributed by atoms with E-state index in [-0.39, 0.29) is 62.8 Å². The number of alkyl halides is 3. The summed E-state index contributed by atoms with van der Waals surface area (Å²) in [5.74, 6) is -1.67. The third kappa shape index (κ3) is 3.52. The molecular weight excluding hydrogens is 363 g/mol. The highest BCUT2D eigenvalue weighted by atomic mass is 19.4. The highest BCUT2D eigenvalue weighted by molar-refractivity contribution is 6.00. The van der Waals surface area contributed by atoms with Crippen LogP contribution in [-0.4, -0.2) is 76.9 Å². The maximum Gasteiger partial charge on any atom is 0.391 e. The Kier molecular flexibility index (Phi) is 5.16. The summed E-state index contributed by atoms with van der Waals surface area (Å²) in [7, 11) is 0. The molecule has 0 unspecified atom stereocenters. The van der Waals surface area contributed by atoms with Crippen molar-refractivity contribution in [2.75, 3.05) is 26.2 Å². The maximum atomic E-state index is 13.1. The van der Waals surface area contributed by atoms with Crippen LogP contribution in [0.2, 0.25) is 0 Å². The molecule has 1 spiro atoms. The molecule has 1 saturated carbocycles.